The van der Waals surface area contributed by atoms with Crippen molar-refractivity contribution in [2.24, 2.45) is 0 Å². The van der Waals surface area contributed by atoms with Crippen LogP contribution < -0.4 is 10.6 Å². The third-order valence-electron chi connectivity index (χ3n) is 5.34. The molecule has 0 saturated heterocycles. The van der Waals surface area contributed by atoms with E-state index in [4.69, 9.17) is 0 Å². The van der Waals surface area contributed by atoms with Gasteiger partial charge in [0.25, 0.3) is 5.91 Å². The number of carbonyl (C=O) groups is 3. The van der Waals surface area contributed by atoms with Gasteiger partial charge >= 0.3 is 0 Å². The summed E-state index contributed by atoms with van der Waals surface area (Å²) in [6, 6.07) is 15.1. The number of benzene rings is 2. The van der Waals surface area contributed by atoms with E-state index in [-0.39, 0.29) is 42.3 Å². The maximum atomic E-state index is 13.0. The van der Waals surface area contributed by atoms with Gasteiger partial charge in [0.15, 0.2) is 0 Å². The van der Waals surface area contributed by atoms with Crippen molar-refractivity contribution < 1.29 is 14.4 Å². The first-order chi connectivity index (χ1) is 14.6. The standard InChI is InChI=1S/C25H31N3O3/c1-17-5-11-20(12-6-17)27-22(29)15-26-23(30)16-28(21-13-14-21)24(31)18-7-9-19(10-8-18)25(2,3)4/h5-12,21H,13-16H2,1-4H3,(H,26,30)(H,27,29). The molecule has 2 aromatic rings. The van der Waals surface area contributed by atoms with Crippen molar-refractivity contribution in [2.75, 3.05) is 18.4 Å². The number of hydrogen-bond donors (Lipinski definition) is 2. The molecule has 2 aromatic carbocycles. The molecule has 0 bridgehead atoms. The molecule has 31 heavy (non-hydrogen) atoms. The van der Waals surface area contributed by atoms with E-state index < -0.39 is 0 Å². The van der Waals surface area contributed by atoms with Crippen LogP contribution in [0.3, 0.4) is 0 Å². The van der Waals surface area contributed by atoms with Crippen LogP contribution in [0.2, 0.25) is 0 Å². The van der Waals surface area contributed by atoms with Gasteiger partial charge in [0.1, 0.15) is 6.54 Å². The van der Waals surface area contributed by atoms with Crippen LogP contribution in [-0.2, 0) is 15.0 Å². The van der Waals surface area contributed by atoms with E-state index in [0.717, 1.165) is 24.0 Å². The van der Waals surface area contributed by atoms with Gasteiger partial charge in [-0.2, -0.15) is 0 Å². The Morgan fingerprint density at radius 1 is 0.935 bits per heavy atom. The summed E-state index contributed by atoms with van der Waals surface area (Å²) in [5, 5.41) is 5.36. The summed E-state index contributed by atoms with van der Waals surface area (Å²) in [6.07, 6.45) is 1.79. The van der Waals surface area contributed by atoms with Crippen molar-refractivity contribution in [1.82, 2.24) is 10.2 Å². The van der Waals surface area contributed by atoms with Crippen molar-refractivity contribution in [1.29, 1.82) is 0 Å². The van der Waals surface area contributed by atoms with Gasteiger partial charge in [0.05, 0.1) is 6.54 Å². The summed E-state index contributed by atoms with van der Waals surface area (Å²) in [6.45, 7) is 8.15. The molecule has 3 rings (SSSR count). The van der Waals surface area contributed by atoms with Gasteiger partial charge in [-0.1, -0.05) is 50.6 Å². The molecule has 1 aliphatic carbocycles. The third kappa shape index (κ3) is 6.41. The second-order valence-corrected chi connectivity index (χ2v) is 9.18. The second-order valence-electron chi connectivity index (χ2n) is 9.18. The average Bonchev–Trinajstić information content (AvgIpc) is 3.56. The lowest BCUT2D eigenvalue weighted by molar-refractivity contribution is -0.124. The molecule has 0 spiro atoms. The molecule has 6 nitrogen and oxygen atoms in total. The molecule has 0 radical (unpaired) electrons. The minimum atomic E-state index is -0.342. The van der Waals surface area contributed by atoms with Crippen LogP contribution in [0.15, 0.2) is 48.5 Å². The molecular formula is C25H31N3O3. The lowest BCUT2D eigenvalue weighted by Crippen LogP contribution is -2.43. The molecule has 0 atom stereocenters. The molecule has 1 saturated carbocycles. The van der Waals surface area contributed by atoms with Crippen LogP contribution >= 0.6 is 0 Å². The fourth-order valence-electron chi connectivity index (χ4n) is 3.26. The Hall–Kier alpha value is -3.15. The zero-order valence-electron chi connectivity index (χ0n) is 18.7. The minimum absolute atomic E-state index is 0.0107. The smallest absolute Gasteiger partial charge is 0.254 e. The van der Waals surface area contributed by atoms with Crippen molar-refractivity contribution in [2.45, 2.75) is 52.0 Å². The molecule has 1 fully saturated rings. The molecule has 164 valence electrons. The molecule has 3 amide bonds. The molecule has 0 aliphatic heterocycles. The summed E-state index contributed by atoms with van der Waals surface area (Å²) in [4.78, 5) is 39.1. The summed E-state index contributed by atoms with van der Waals surface area (Å²) >= 11 is 0. The fourth-order valence-corrected chi connectivity index (χ4v) is 3.26. The lowest BCUT2D eigenvalue weighted by atomic mass is 9.86. The van der Waals surface area contributed by atoms with Gasteiger partial charge in [-0.15, -0.1) is 0 Å². The molecule has 6 heteroatoms. The van der Waals surface area contributed by atoms with Crippen LogP contribution in [0.1, 0.15) is 55.1 Å². The molecule has 1 aliphatic rings. The molecule has 0 aromatic heterocycles. The predicted molar refractivity (Wildman–Crippen MR) is 122 cm³/mol. The Morgan fingerprint density at radius 2 is 1.55 bits per heavy atom. The number of amides is 3. The highest BCUT2D eigenvalue weighted by Crippen LogP contribution is 2.29. The molecule has 0 unspecified atom stereocenters. The topological polar surface area (TPSA) is 78.5 Å². The first-order valence-corrected chi connectivity index (χ1v) is 10.7. The highest BCUT2D eigenvalue weighted by molar-refractivity contribution is 5.98. The maximum Gasteiger partial charge on any atom is 0.254 e. The number of aryl methyl sites for hydroxylation is 1. The minimum Gasteiger partial charge on any atom is -0.345 e. The van der Waals surface area contributed by atoms with Gasteiger partial charge < -0.3 is 15.5 Å². The first kappa shape index (κ1) is 22.5. The number of nitrogens with zero attached hydrogens (tertiary/aromatic N) is 1. The summed E-state index contributed by atoms with van der Waals surface area (Å²) in [7, 11) is 0. The SMILES string of the molecule is Cc1ccc(NC(=O)CNC(=O)CN(C(=O)c2ccc(C(C)(C)C)cc2)C2CC2)cc1. The van der Waals surface area contributed by atoms with E-state index in [0.29, 0.717) is 11.3 Å². The fraction of sp³-hybridized carbons (Fsp3) is 0.400. The molecule has 2 N–H and O–H groups in total. The summed E-state index contributed by atoms with van der Waals surface area (Å²) in [5.74, 6) is -0.799. The highest BCUT2D eigenvalue weighted by Gasteiger charge is 2.34. The summed E-state index contributed by atoms with van der Waals surface area (Å²) < 4.78 is 0. The van der Waals surface area contributed by atoms with Gasteiger partial charge in [-0.25, -0.2) is 0 Å². The van der Waals surface area contributed by atoms with Crippen molar-refractivity contribution in [3.63, 3.8) is 0 Å². The Bertz CT molecular complexity index is 939. The Balaban J connectivity index is 1.54. The summed E-state index contributed by atoms with van der Waals surface area (Å²) in [5.41, 5.74) is 3.52. The van der Waals surface area contributed by atoms with E-state index in [1.54, 1.807) is 4.90 Å². The number of hydrogen-bond acceptors (Lipinski definition) is 3. The van der Waals surface area contributed by atoms with E-state index in [1.807, 2.05) is 55.5 Å². The Labute approximate surface area is 184 Å². The van der Waals surface area contributed by atoms with Crippen LogP contribution in [0, 0.1) is 6.92 Å². The van der Waals surface area contributed by atoms with Crippen molar-refractivity contribution >= 4 is 23.4 Å². The van der Waals surface area contributed by atoms with Crippen LogP contribution in [-0.4, -0.2) is 41.8 Å². The van der Waals surface area contributed by atoms with Gasteiger partial charge in [-0.3, -0.25) is 14.4 Å². The number of nitrogens with one attached hydrogen (secondary N) is 2. The van der Waals surface area contributed by atoms with E-state index in [1.165, 1.54) is 0 Å². The highest BCUT2D eigenvalue weighted by atomic mass is 16.2. The second kappa shape index (κ2) is 9.33. The monoisotopic (exact) mass is 421 g/mol. The van der Waals surface area contributed by atoms with Gasteiger partial charge in [0.2, 0.25) is 11.8 Å². The van der Waals surface area contributed by atoms with Gasteiger partial charge in [0, 0.05) is 17.3 Å². The van der Waals surface area contributed by atoms with E-state index >= 15 is 0 Å². The zero-order valence-corrected chi connectivity index (χ0v) is 18.7. The zero-order chi connectivity index (χ0) is 22.6. The maximum absolute atomic E-state index is 13.0. The quantitative estimate of drug-likeness (QED) is 0.716. The van der Waals surface area contributed by atoms with E-state index in [2.05, 4.69) is 31.4 Å². The van der Waals surface area contributed by atoms with Crippen molar-refractivity contribution in [3.8, 4) is 0 Å². The van der Waals surface area contributed by atoms with Crippen molar-refractivity contribution in [3.05, 3.63) is 65.2 Å². The van der Waals surface area contributed by atoms with E-state index in [9.17, 15) is 14.4 Å². The predicted octanol–water partition coefficient (Wildman–Crippen LogP) is 3.65. The number of anilines is 1. The van der Waals surface area contributed by atoms with Crippen LogP contribution in [0.25, 0.3) is 0 Å². The number of rotatable bonds is 7. The normalized spacial score (nSPS) is 13.4. The largest absolute Gasteiger partial charge is 0.345 e. The van der Waals surface area contributed by atoms with Crippen LogP contribution in [0.4, 0.5) is 5.69 Å². The Kier molecular flexibility index (Phi) is 6.78. The first-order valence-electron chi connectivity index (χ1n) is 10.7. The number of carbonyl (C=O) groups excluding carboxylic acids is 3. The van der Waals surface area contributed by atoms with Crippen LogP contribution in [0.5, 0.6) is 0 Å². The third-order valence-corrected chi connectivity index (χ3v) is 5.34. The molecule has 0 heterocycles. The van der Waals surface area contributed by atoms with Gasteiger partial charge in [-0.05, 0) is 55.0 Å². The Morgan fingerprint density at radius 3 is 2.10 bits per heavy atom. The molecular weight excluding hydrogens is 390 g/mol. The lowest BCUT2D eigenvalue weighted by Gasteiger charge is -2.23. The average molecular weight is 422 g/mol.